The van der Waals surface area contributed by atoms with Gasteiger partial charge in [-0.1, -0.05) is 0 Å². The van der Waals surface area contributed by atoms with Crippen molar-refractivity contribution in [2.24, 2.45) is 5.73 Å². The Morgan fingerprint density at radius 3 is 3.04 bits per heavy atom. The van der Waals surface area contributed by atoms with Crippen LogP contribution in [-0.4, -0.2) is 42.9 Å². The fourth-order valence-electron chi connectivity index (χ4n) is 3.00. The first-order valence-electron chi connectivity index (χ1n) is 8.75. The molecule has 1 aliphatic rings. The number of carbonyl (C=O) groups is 1. The monoisotopic (exact) mass is 368 g/mol. The summed E-state index contributed by atoms with van der Waals surface area (Å²) in [6.07, 6.45) is 2.77. The molecule has 0 spiro atoms. The van der Waals surface area contributed by atoms with Crippen molar-refractivity contribution in [3.63, 3.8) is 0 Å². The number of hydrogen-bond acceptors (Lipinski definition) is 6. The van der Waals surface area contributed by atoms with Crippen LogP contribution in [0.15, 0.2) is 30.7 Å². The van der Waals surface area contributed by atoms with Gasteiger partial charge in [-0.3, -0.25) is 4.79 Å². The molecular formula is C18H20N6O3. The number of imidazole rings is 1. The quantitative estimate of drug-likeness (QED) is 0.730. The van der Waals surface area contributed by atoms with Crippen molar-refractivity contribution in [1.82, 2.24) is 24.3 Å². The average Bonchev–Trinajstić information content (AvgIpc) is 3.25. The molecule has 0 fully saturated rings. The third-order valence-corrected chi connectivity index (χ3v) is 4.42. The van der Waals surface area contributed by atoms with Crippen LogP contribution in [0, 0.1) is 0 Å². The van der Waals surface area contributed by atoms with E-state index in [-0.39, 0.29) is 0 Å². The average molecular weight is 368 g/mol. The lowest BCUT2D eigenvalue weighted by atomic mass is 10.1. The van der Waals surface area contributed by atoms with Gasteiger partial charge in [0.2, 0.25) is 0 Å². The maximum absolute atomic E-state index is 11.2. The first kappa shape index (κ1) is 17.1. The van der Waals surface area contributed by atoms with Gasteiger partial charge in [-0.05, 0) is 26.0 Å². The summed E-state index contributed by atoms with van der Waals surface area (Å²) in [5, 5.41) is 4.21. The van der Waals surface area contributed by atoms with Crippen molar-refractivity contribution in [3.05, 3.63) is 30.7 Å². The molecule has 2 N–H and O–H groups in total. The molecule has 1 amide bonds. The molecule has 3 heterocycles. The maximum atomic E-state index is 11.2. The van der Waals surface area contributed by atoms with Crippen LogP contribution in [0.3, 0.4) is 0 Å². The van der Waals surface area contributed by atoms with Gasteiger partial charge in [-0.15, -0.1) is 0 Å². The fraction of sp³-hybridized carbons (Fsp3) is 0.333. The third-order valence-electron chi connectivity index (χ3n) is 4.42. The number of aryl methyl sites for hydroxylation is 1. The van der Waals surface area contributed by atoms with Gasteiger partial charge >= 0.3 is 0 Å². The second kappa shape index (κ2) is 6.75. The molecule has 9 nitrogen and oxygen atoms in total. The van der Waals surface area contributed by atoms with Crippen LogP contribution >= 0.6 is 0 Å². The fourth-order valence-corrected chi connectivity index (χ4v) is 3.00. The lowest BCUT2D eigenvalue weighted by Gasteiger charge is -2.13. The van der Waals surface area contributed by atoms with Crippen molar-refractivity contribution < 1.29 is 14.3 Å². The van der Waals surface area contributed by atoms with Gasteiger partial charge in [0, 0.05) is 18.8 Å². The summed E-state index contributed by atoms with van der Waals surface area (Å²) >= 11 is 0. The minimum absolute atomic E-state index is 0.491. The maximum Gasteiger partial charge on any atom is 0.258 e. The van der Waals surface area contributed by atoms with E-state index < -0.39 is 12.0 Å². The molecule has 1 aliphatic heterocycles. The molecular weight excluding hydrogens is 348 g/mol. The number of rotatable bonds is 5. The number of aromatic nitrogens is 5. The highest BCUT2D eigenvalue weighted by molar-refractivity contribution is 5.78. The molecule has 27 heavy (non-hydrogen) atoms. The molecule has 0 saturated carbocycles. The van der Waals surface area contributed by atoms with E-state index in [1.807, 2.05) is 28.4 Å². The van der Waals surface area contributed by atoms with Crippen LogP contribution in [-0.2, 0) is 17.9 Å². The molecule has 3 aromatic rings. The summed E-state index contributed by atoms with van der Waals surface area (Å²) in [4.78, 5) is 20.3. The number of ether oxygens (including phenoxy) is 2. The summed E-state index contributed by atoms with van der Waals surface area (Å²) in [6, 6.07) is 5.41. The van der Waals surface area contributed by atoms with E-state index in [1.54, 1.807) is 19.1 Å². The molecule has 2 aromatic heterocycles. The minimum atomic E-state index is -0.720. The number of amides is 1. The Balaban J connectivity index is 1.72. The molecule has 0 bridgehead atoms. The largest absolute Gasteiger partial charge is 0.491 e. The van der Waals surface area contributed by atoms with Crippen molar-refractivity contribution in [3.8, 4) is 34.4 Å². The third kappa shape index (κ3) is 3.12. The van der Waals surface area contributed by atoms with E-state index in [0.29, 0.717) is 24.7 Å². The number of nitrogens with zero attached hydrogens (tertiary/aromatic N) is 5. The number of fused-ring (bicyclic) bond motifs is 3. The van der Waals surface area contributed by atoms with Crippen LogP contribution in [0.4, 0.5) is 0 Å². The van der Waals surface area contributed by atoms with Gasteiger partial charge in [0.15, 0.2) is 11.9 Å². The topological polar surface area (TPSA) is 110 Å². The van der Waals surface area contributed by atoms with Crippen LogP contribution < -0.4 is 15.2 Å². The summed E-state index contributed by atoms with van der Waals surface area (Å²) < 4.78 is 15.3. The zero-order valence-electron chi connectivity index (χ0n) is 15.1. The van der Waals surface area contributed by atoms with Crippen molar-refractivity contribution in [2.75, 3.05) is 6.61 Å². The van der Waals surface area contributed by atoms with E-state index in [4.69, 9.17) is 20.2 Å². The second-order valence-electron chi connectivity index (χ2n) is 6.21. The summed E-state index contributed by atoms with van der Waals surface area (Å²) in [7, 11) is 0. The molecule has 1 aromatic carbocycles. The van der Waals surface area contributed by atoms with Gasteiger partial charge in [0.05, 0.1) is 12.1 Å². The first-order chi connectivity index (χ1) is 13.1. The standard InChI is InChI=1S/C18H20N6O3/c1-3-24-18(20-10-21-24)14-9-23-6-7-26-15-8-12(27-11(2)16(19)25)4-5-13(15)17(23)22-14/h4-5,8-11H,3,6-7H2,1-2H3,(H2,19,25). The van der Waals surface area contributed by atoms with E-state index in [0.717, 1.165) is 29.5 Å². The van der Waals surface area contributed by atoms with E-state index in [1.165, 1.54) is 6.33 Å². The van der Waals surface area contributed by atoms with Crippen molar-refractivity contribution in [1.29, 1.82) is 0 Å². The lowest BCUT2D eigenvalue weighted by molar-refractivity contribution is -0.123. The molecule has 1 atom stereocenters. The number of benzene rings is 1. The predicted octanol–water partition coefficient (Wildman–Crippen LogP) is 1.47. The van der Waals surface area contributed by atoms with Crippen molar-refractivity contribution in [2.45, 2.75) is 33.0 Å². The number of carbonyl (C=O) groups excluding carboxylic acids is 1. The smallest absolute Gasteiger partial charge is 0.258 e. The van der Waals surface area contributed by atoms with Crippen LogP contribution in [0.5, 0.6) is 11.5 Å². The SMILES string of the molecule is CCn1ncnc1-c1cn2c(n1)-c1ccc(OC(C)C(N)=O)cc1OCC2. The Hall–Kier alpha value is -3.36. The van der Waals surface area contributed by atoms with Crippen LogP contribution in [0.25, 0.3) is 22.9 Å². The Morgan fingerprint density at radius 1 is 1.41 bits per heavy atom. The van der Waals surface area contributed by atoms with Gasteiger partial charge in [-0.2, -0.15) is 5.10 Å². The summed E-state index contributed by atoms with van der Waals surface area (Å²) in [6.45, 7) is 5.49. The lowest BCUT2D eigenvalue weighted by Crippen LogP contribution is -2.30. The van der Waals surface area contributed by atoms with Gasteiger partial charge < -0.3 is 19.8 Å². The normalized spacial score (nSPS) is 13.9. The van der Waals surface area contributed by atoms with Gasteiger partial charge in [-0.25, -0.2) is 14.6 Å². The zero-order valence-corrected chi connectivity index (χ0v) is 15.1. The molecule has 0 aliphatic carbocycles. The molecule has 4 rings (SSSR count). The predicted molar refractivity (Wildman–Crippen MR) is 97.1 cm³/mol. The van der Waals surface area contributed by atoms with E-state index in [2.05, 4.69) is 10.1 Å². The van der Waals surface area contributed by atoms with E-state index >= 15 is 0 Å². The molecule has 9 heteroatoms. The number of hydrogen-bond donors (Lipinski definition) is 1. The molecule has 0 saturated heterocycles. The highest BCUT2D eigenvalue weighted by atomic mass is 16.5. The van der Waals surface area contributed by atoms with E-state index in [9.17, 15) is 4.79 Å². The Labute approximate surface area is 155 Å². The Morgan fingerprint density at radius 2 is 2.26 bits per heavy atom. The minimum Gasteiger partial charge on any atom is -0.491 e. The van der Waals surface area contributed by atoms with Gasteiger partial charge in [0.1, 0.15) is 36.0 Å². The summed E-state index contributed by atoms with van der Waals surface area (Å²) in [5.74, 6) is 2.17. The van der Waals surface area contributed by atoms with Gasteiger partial charge in [0.25, 0.3) is 5.91 Å². The first-order valence-corrected chi connectivity index (χ1v) is 8.75. The molecule has 1 unspecified atom stereocenters. The highest BCUT2D eigenvalue weighted by Gasteiger charge is 2.22. The van der Waals surface area contributed by atoms with Crippen LogP contribution in [0.2, 0.25) is 0 Å². The number of primary amides is 1. The highest BCUT2D eigenvalue weighted by Crippen LogP contribution is 2.36. The molecule has 140 valence electrons. The number of nitrogens with two attached hydrogens (primary N) is 1. The van der Waals surface area contributed by atoms with Crippen molar-refractivity contribution >= 4 is 5.91 Å². The van der Waals surface area contributed by atoms with Crippen LogP contribution in [0.1, 0.15) is 13.8 Å². The molecule has 0 radical (unpaired) electrons. The Kier molecular flexibility index (Phi) is 4.27. The summed E-state index contributed by atoms with van der Waals surface area (Å²) in [5.41, 5.74) is 6.87. The second-order valence-corrected chi connectivity index (χ2v) is 6.21. The Bertz CT molecular complexity index is 993. The zero-order chi connectivity index (χ0) is 19.0.